The van der Waals surface area contributed by atoms with Gasteiger partial charge in [-0.3, -0.25) is 4.79 Å². The van der Waals surface area contributed by atoms with E-state index in [0.717, 1.165) is 36.1 Å². The van der Waals surface area contributed by atoms with Crippen LogP contribution >= 0.6 is 0 Å². The number of amides is 1. The molecule has 0 unspecified atom stereocenters. The van der Waals surface area contributed by atoms with E-state index in [-0.39, 0.29) is 11.5 Å². The largest absolute Gasteiger partial charge is 0.478 e. The number of unbranched alkanes of at least 4 members (excludes halogenated alkanes) is 1. The minimum Gasteiger partial charge on any atom is -0.478 e. The molecule has 154 valence electrons. The first-order chi connectivity index (χ1) is 14.6. The van der Waals surface area contributed by atoms with Gasteiger partial charge in [-0.2, -0.15) is 0 Å². The van der Waals surface area contributed by atoms with Gasteiger partial charge in [0.25, 0.3) is 0 Å². The van der Waals surface area contributed by atoms with E-state index in [9.17, 15) is 14.7 Å². The van der Waals surface area contributed by atoms with Crippen LogP contribution in [0.3, 0.4) is 0 Å². The average molecular weight is 402 g/mol. The molecule has 0 saturated heterocycles. The molecule has 0 atom stereocenters. The molecular formula is C26H27NO3. The number of aromatic carboxylic acids is 1. The van der Waals surface area contributed by atoms with E-state index in [1.807, 2.05) is 71.6 Å². The van der Waals surface area contributed by atoms with Gasteiger partial charge >= 0.3 is 5.97 Å². The van der Waals surface area contributed by atoms with Crippen molar-refractivity contribution >= 4 is 11.9 Å². The van der Waals surface area contributed by atoms with Crippen molar-refractivity contribution in [1.82, 2.24) is 4.90 Å². The highest BCUT2D eigenvalue weighted by molar-refractivity contribution is 5.96. The lowest BCUT2D eigenvalue weighted by atomic mass is 9.98. The first-order valence-corrected chi connectivity index (χ1v) is 10.3. The van der Waals surface area contributed by atoms with Gasteiger partial charge in [-0.15, -0.1) is 0 Å². The Hall–Kier alpha value is -3.40. The molecule has 3 aromatic rings. The van der Waals surface area contributed by atoms with Crippen molar-refractivity contribution in [3.05, 3.63) is 95.6 Å². The minimum absolute atomic E-state index is 0.120. The second kappa shape index (κ2) is 10.4. The molecule has 4 nitrogen and oxygen atoms in total. The number of nitrogens with zero attached hydrogens (tertiary/aromatic N) is 1. The zero-order valence-electron chi connectivity index (χ0n) is 17.3. The summed E-state index contributed by atoms with van der Waals surface area (Å²) in [7, 11) is 0. The Morgan fingerprint density at radius 3 is 2.17 bits per heavy atom. The van der Waals surface area contributed by atoms with Crippen LogP contribution in [-0.2, 0) is 17.8 Å². The van der Waals surface area contributed by atoms with E-state index in [2.05, 4.69) is 6.92 Å². The maximum absolute atomic E-state index is 12.9. The molecule has 0 spiro atoms. The van der Waals surface area contributed by atoms with E-state index in [1.165, 1.54) is 0 Å². The summed E-state index contributed by atoms with van der Waals surface area (Å²) in [6.45, 7) is 3.40. The number of carbonyl (C=O) groups is 2. The van der Waals surface area contributed by atoms with Crippen molar-refractivity contribution in [2.45, 2.75) is 32.7 Å². The maximum Gasteiger partial charge on any atom is 0.336 e. The average Bonchev–Trinajstić information content (AvgIpc) is 2.77. The topological polar surface area (TPSA) is 57.6 Å². The van der Waals surface area contributed by atoms with Gasteiger partial charge in [0.15, 0.2) is 0 Å². The Bertz CT molecular complexity index is 981. The van der Waals surface area contributed by atoms with Crippen LogP contribution in [-0.4, -0.2) is 28.4 Å². The molecule has 0 aliphatic heterocycles. The molecule has 3 aromatic carbocycles. The zero-order chi connectivity index (χ0) is 21.3. The van der Waals surface area contributed by atoms with Crippen LogP contribution in [0.2, 0.25) is 0 Å². The minimum atomic E-state index is -0.938. The molecule has 0 aromatic heterocycles. The second-order valence-electron chi connectivity index (χ2n) is 7.38. The Morgan fingerprint density at radius 1 is 0.833 bits per heavy atom. The summed E-state index contributed by atoms with van der Waals surface area (Å²) in [6.07, 6.45) is 2.39. The lowest BCUT2D eigenvalue weighted by Crippen LogP contribution is -2.32. The molecule has 1 amide bonds. The molecular weight excluding hydrogens is 374 g/mol. The Morgan fingerprint density at radius 2 is 1.50 bits per heavy atom. The van der Waals surface area contributed by atoms with Gasteiger partial charge < -0.3 is 10.0 Å². The first-order valence-electron chi connectivity index (χ1n) is 10.3. The van der Waals surface area contributed by atoms with Crippen LogP contribution in [0.15, 0.2) is 78.9 Å². The van der Waals surface area contributed by atoms with E-state index in [1.54, 1.807) is 12.1 Å². The summed E-state index contributed by atoms with van der Waals surface area (Å²) in [4.78, 5) is 26.3. The van der Waals surface area contributed by atoms with Crippen molar-refractivity contribution in [1.29, 1.82) is 0 Å². The molecule has 1 N–H and O–H groups in total. The van der Waals surface area contributed by atoms with Gasteiger partial charge in [0.1, 0.15) is 0 Å². The SMILES string of the molecule is CCCCN(Cc1ccc(-c2ccccc2C(=O)O)cc1)C(=O)Cc1ccccc1. The van der Waals surface area contributed by atoms with Gasteiger partial charge in [-0.05, 0) is 34.7 Å². The van der Waals surface area contributed by atoms with Gasteiger partial charge in [-0.1, -0.05) is 86.1 Å². The van der Waals surface area contributed by atoms with Crippen molar-refractivity contribution in [3.8, 4) is 11.1 Å². The van der Waals surface area contributed by atoms with Gasteiger partial charge in [0.05, 0.1) is 12.0 Å². The van der Waals surface area contributed by atoms with Crippen LogP contribution in [0.4, 0.5) is 0 Å². The van der Waals surface area contributed by atoms with Crippen LogP contribution < -0.4 is 0 Å². The molecule has 0 heterocycles. The van der Waals surface area contributed by atoms with Gasteiger partial charge in [0.2, 0.25) is 5.91 Å². The molecule has 0 saturated carbocycles. The predicted octanol–water partition coefficient (Wildman–Crippen LogP) is 5.42. The number of hydrogen-bond donors (Lipinski definition) is 1. The molecule has 0 radical (unpaired) electrons. The summed E-state index contributed by atoms with van der Waals surface area (Å²) in [5.41, 5.74) is 3.88. The van der Waals surface area contributed by atoms with Gasteiger partial charge in [0, 0.05) is 13.1 Å². The van der Waals surface area contributed by atoms with E-state index < -0.39 is 5.97 Å². The molecule has 0 aliphatic rings. The Labute approximate surface area is 177 Å². The fraction of sp³-hybridized carbons (Fsp3) is 0.231. The Kier molecular flexibility index (Phi) is 7.39. The van der Waals surface area contributed by atoms with E-state index in [0.29, 0.717) is 18.5 Å². The van der Waals surface area contributed by atoms with Crippen molar-refractivity contribution in [2.75, 3.05) is 6.54 Å². The zero-order valence-corrected chi connectivity index (χ0v) is 17.3. The highest BCUT2D eigenvalue weighted by Crippen LogP contribution is 2.24. The number of carboxylic acid groups (broad SMARTS) is 1. The molecule has 30 heavy (non-hydrogen) atoms. The van der Waals surface area contributed by atoms with Crippen molar-refractivity contribution in [3.63, 3.8) is 0 Å². The summed E-state index contributed by atoms with van der Waals surface area (Å²) in [5.74, 6) is -0.818. The van der Waals surface area contributed by atoms with Crippen molar-refractivity contribution in [2.24, 2.45) is 0 Å². The highest BCUT2D eigenvalue weighted by Gasteiger charge is 2.15. The van der Waals surface area contributed by atoms with E-state index in [4.69, 9.17) is 0 Å². The number of carbonyl (C=O) groups excluding carboxylic acids is 1. The fourth-order valence-corrected chi connectivity index (χ4v) is 3.45. The summed E-state index contributed by atoms with van der Waals surface area (Å²) < 4.78 is 0. The summed E-state index contributed by atoms with van der Waals surface area (Å²) in [6, 6.07) is 24.6. The van der Waals surface area contributed by atoms with Crippen LogP contribution in [0.5, 0.6) is 0 Å². The smallest absolute Gasteiger partial charge is 0.336 e. The molecule has 0 aliphatic carbocycles. The second-order valence-corrected chi connectivity index (χ2v) is 7.38. The van der Waals surface area contributed by atoms with Crippen LogP contribution in [0.25, 0.3) is 11.1 Å². The quantitative estimate of drug-likeness (QED) is 0.521. The third-order valence-electron chi connectivity index (χ3n) is 5.13. The number of rotatable bonds is 9. The lowest BCUT2D eigenvalue weighted by molar-refractivity contribution is -0.131. The maximum atomic E-state index is 12.9. The third-order valence-corrected chi connectivity index (χ3v) is 5.13. The Balaban J connectivity index is 1.75. The summed E-state index contributed by atoms with van der Waals surface area (Å²) in [5, 5.41) is 9.42. The van der Waals surface area contributed by atoms with Crippen LogP contribution in [0.1, 0.15) is 41.3 Å². The predicted molar refractivity (Wildman–Crippen MR) is 119 cm³/mol. The van der Waals surface area contributed by atoms with Crippen molar-refractivity contribution < 1.29 is 14.7 Å². The molecule has 0 bridgehead atoms. The molecule has 3 rings (SSSR count). The normalized spacial score (nSPS) is 10.6. The third kappa shape index (κ3) is 5.57. The lowest BCUT2D eigenvalue weighted by Gasteiger charge is -2.23. The number of benzene rings is 3. The number of hydrogen-bond acceptors (Lipinski definition) is 2. The van der Waals surface area contributed by atoms with Gasteiger partial charge in [-0.25, -0.2) is 4.79 Å². The molecule has 0 fully saturated rings. The first kappa shape index (κ1) is 21.3. The van der Waals surface area contributed by atoms with E-state index >= 15 is 0 Å². The summed E-state index contributed by atoms with van der Waals surface area (Å²) >= 11 is 0. The standard InChI is InChI=1S/C26H27NO3/c1-2-3-17-27(25(28)18-20-9-5-4-6-10-20)19-21-13-15-22(16-14-21)23-11-7-8-12-24(23)26(29)30/h4-16H,2-3,17-19H2,1H3,(H,29,30). The molecule has 4 heteroatoms. The highest BCUT2D eigenvalue weighted by atomic mass is 16.4. The monoisotopic (exact) mass is 401 g/mol. The van der Waals surface area contributed by atoms with Crippen LogP contribution in [0, 0.1) is 0 Å². The fourth-order valence-electron chi connectivity index (χ4n) is 3.45. The number of carboxylic acids is 1.